The quantitative estimate of drug-likeness (QED) is 0.678. The van der Waals surface area contributed by atoms with Gasteiger partial charge in [-0.3, -0.25) is 9.78 Å². The number of allylic oxidation sites excluding steroid dienone is 1. The van der Waals surface area contributed by atoms with Gasteiger partial charge < -0.3 is 9.47 Å². The summed E-state index contributed by atoms with van der Waals surface area (Å²) in [6.45, 7) is -0.101. The third kappa shape index (κ3) is 3.27. The van der Waals surface area contributed by atoms with Gasteiger partial charge in [0.05, 0.1) is 12.5 Å². The van der Waals surface area contributed by atoms with Crippen LogP contribution in [-0.4, -0.2) is 23.7 Å². The van der Waals surface area contributed by atoms with E-state index in [9.17, 15) is 4.79 Å². The predicted molar refractivity (Wildman–Crippen MR) is 62.5 cm³/mol. The molecule has 0 saturated carbocycles. The zero-order chi connectivity index (χ0) is 11.9. The van der Waals surface area contributed by atoms with Gasteiger partial charge in [-0.25, -0.2) is 4.99 Å². The molecule has 0 aliphatic carbocycles. The van der Waals surface area contributed by atoms with E-state index in [1.807, 2.05) is 0 Å². The fourth-order valence-corrected chi connectivity index (χ4v) is 1.19. The van der Waals surface area contributed by atoms with Crippen molar-refractivity contribution in [2.45, 2.75) is 0 Å². The summed E-state index contributed by atoms with van der Waals surface area (Å²) in [7, 11) is 0. The van der Waals surface area contributed by atoms with Crippen LogP contribution in [0.4, 0.5) is 0 Å². The number of pyridine rings is 1. The molecule has 1 aromatic rings. The first-order valence-electron chi connectivity index (χ1n) is 4.97. The summed E-state index contributed by atoms with van der Waals surface area (Å²) in [6, 6.07) is 1.68. The molecule has 2 rings (SSSR count). The Morgan fingerprint density at radius 3 is 3.18 bits per heavy atom. The number of carbonyl (C=O) groups is 1. The van der Waals surface area contributed by atoms with E-state index in [-0.39, 0.29) is 12.5 Å². The van der Waals surface area contributed by atoms with Crippen LogP contribution in [0, 0.1) is 0 Å². The summed E-state index contributed by atoms with van der Waals surface area (Å²) in [4.78, 5) is 18.9. The van der Waals surface area contributed by atoms with Crippen LogP contribution >= 0.6 is 0 Å². The summed E-state index contributed by atoms with van der Waals surface area (Å²) in [5.41, 5.74) is 0.734. The Morgan fingerprint density at radius 1 is 1.29 bits per heavy atom. The molecule has 0 fully saturated rings. The molecular formula is C12H10N2O3. The van der Waals surface area contributed by atoms with E-state index in [4.69, 9.17) is 9.47 Å². The molecule has 17 heavy (non-hydrogen) atoms. The van der Waals surface area contributed by atoms with Crippen LogP contribution in [-0.2, 0) is 9.53 Å². The lowest BCUT2D eigenvalue weighted by Crippen LogP contribution is -2.09. The summed E-state index contributed by atoms with van der Waals surface area (Å²) >= 11 is 0. The van der Waals surface area contributed by atoms with E-state index in [2.05, 4.69) is 9.98 Å². The van der Waals surface area contributed by atoms with Crippen molar-refractivity contribution in [2.75, 3.05) is 6.61 Å². The second kappa shape index (κ2) is 5.60. The Hall–Kier alpha value is -2.43. The Labute approximate surface area is 98.1 Å². The minimum Gasteiger partial charge on any atom is -0.483 e. The number of carbonyl (C=O) groups excluding carboxylic acids is 1. The predicted octanol–water partition coefficient (Wildman–Crippen LogP) is 1.57. The smallest absolute Gasteiger partial charge is 0.283 e. The average Bonchev–Trinajstić information content (AvgIpc) is 2.34. The van der Waals surface area contributed by atoms with Gasteiger partial charge >= 0.3 is 0 Å². The van der Waals surface area contributed by atoms with Crippen LogP contribution in [0.25, 0.3) is 6.08 Å². The highest BCUT2D eigenvalue weighted by Crippen LogP contribution is 2.18. The maximum Gasteiger partial charge on any atom is 0.283 e. The van der Waals surface area contributed by atoms with Crippen molar-refractivity contribution in [2.24, 2.45) is 4.99 Å². The fourth-order valence-electron chi connectivity index (χ4n) is 1.19. The second-order valence-electron chi connectivity index (χ2n) is 3.14. The molecule has 0 aromatic carbocycles. The number of aromatic nitrogens is 1. The monoisotopic (exact) mass is 230 g/mol. The first-order valence-corrected chi connectivity index (χ1v) is 4.97. The van der Waals surface area contributed by atoms with Gasteiger partial charge in [-0.05, 0) is 18.2 Å². The lowest BCUT2D eigenvalue weighted by molar-refractivity contribution is -0.119. The zero-order valence-corrected chi connectivity index (χ0v) is 8.95. The molecular weight excluding hydrogens is 220 g/mol. The zero-order valence-electron chi connectivity index (χ0n) is 8.95. The second-order valence-corrected chi connectivity index (χ2v) is 3.14. The lowest BCUT2D eigenvalue weighted by Gasteiger charge is -2.06. The van der Waals surface area contributed by atoms with E-state index in [1.165, 1.54) is 24.8 Å². The largest absolute Gasteiger partial charge is 0.483 e. The molecule has 0 atom stereocenters. The topological polar surface area (TPSA) is 60.8 Å². The number of hydrogen-bond donors (Lipinski definition) is 0. The number of aliphatic imine (C=N–C) groups is 1. The van der Waals surface area contributed by atoms with Crippen LogP contribution in [0.1, 0.15) is 5.56 Å². The molecule has 1 aliphatic heterocycles. The summed E-state index contributed by atoms with van der Waals surface area (Å²) in [5, 5.41) is 0. The van der Waals surface area contributed by atoms with Crippen molar-refractivity contribution in [3.8, 4) is 5.75 Å². The first kappa shape index (κ1) is 11.1. The molecule has 1 aromatic heterocycles. The highest BCUT2D eigenvalue weighted by molar-refractivity contribution is 5.89. The van der Waals surface area contributed by atoms with Crippen molar-refractivity contribution in [1.29, 1.82) is 0 Å². The number of nitrogens with zero attached hydrogens (tertiary/aromatic N) is 2. The summed E-state index contributed by atoms with van der Waals surface area (Å²) in [6.07, 6.45) is 10.7. The van der Waals surface area contributed by atoms with Gasteiger partial charge in [0.1, 0.15) is 5.75 Å². The van der Waals surface area contributed by atoms with Crippen molar-refractivity contribution in [3.05, 3.63) is 42.6 Å². The van der Waals surface area contributed by atoms with Crippen molar-refractivity contribution < 1.29 is 14.3 Å². The highest BCUT2D eigenvalue weighted by atomic mass is 16.5. The van der Waals surface area contributed by atoms with Gasteiger partial charge in [-0.15, -0.1) is 0 Å². The number of amides is 1. The molecule has 0 bridgehead atoms. The van der Waals surface area contributed by atoms with Crippen molar-refractivity contribution >= 4 is 18.2 Å². The SMILES string of the molecule is O=C1COc2ccncc2C=COC=CC=N1. The van der Waals surface area contributed by atoms with Crippen LogP contribution in [0.2, 0.25) is 0 Å². The molecule has 5 nitrogen and oxygen atoms in total. The van der Waals surface area contributed by atoms with E-state index in [0.29, 0.717) is 5.75 Å². The minimum atomic E-state index is -0.359. The number of ether oxygens (including phenoxy) is 2. The Kier molecular flexibility index (Phi) is 3.64. The maximum atomic E-state index is 11.3. The van der Waals surface area contributed by atoms with Gasteiger partial charge in [-0.2, -0.15) is 0 Å². The average molecular weight is 230 g/mol. The normalized spacial score (nSPS) is 15.2. The van der Waals surface area contributed by atoms with Crippen LogP contribution in [0.3, 0.4) is 0 Å². The molecule has 86 valence electrons. The Balaban J connectivity index is 2.26. The number of rotatable bonds is 0. The molecule has 0 N–H and O–H groups in total. The molecule has 0 spiro atoms. The van der Waals surface area contributed by atoms with Crippen molar-refractivity contribution in [1.82, 2.24) is 4.98 Å². The van der Waals surface area contributed by atoms with Crippen LogP contribution in [0.15, 0.2) is 42.1 Å². The van der Waals surface area contributed by atoms with Crippen LogP contribution < -0.4 is 4.74 Å². The minimum absolute atomic E-state index is 0.101. The fraction of sp³-hybridized carbons (Fsp3) is 0.0833. The molecule has 0 radical (unpaired) electrons. The van der Waals surface area contributed by atoms with Gasteiger partial charge in [0.15, 0.2) is 6.61 Å². The van der Waals surface area contributed by atoms with Gasteiger partial charge in [0.2, 0.25) is 0 Å². The molecule has 1 aliphatic rings. The number of fused-ring (bicyclic) bond motifs is 1. The summed E-state index contributed by atoms with van der Waals surface area (Å²) < 4.78 is 10.4. The number of hydrogen-bond acceptors (Lipinski definition) is 4. The standard InChI is InChI=1S/C12H10N2O3/c15-12-9-17-11-2-5-13-8-10(11)3-7-16-6-1-4-14-12/h1-8H,9H2. The Bertz CT molecular complexity index is 492. The highest BCUT2D eigenvalue weighted by Gasteiger charge is 2.04. The molecule has 0 unspecified atom stereocenters. The van der Waals surface area contributed by atoms with E-state index in [0.717, 1.165) is 5.56 Å². The third-order valence-electron chi connectivity index (χ3n) is 1.95. The molecule has 5 heteroatoms. The molecule has 0 saturated heterocycles. The third-order valence-corrected chi connectivity index (χ3v) is 1.95. The van der Waals surface area contributed by atoms with Gasteiger partial charge in [0, 0.05) is 24.2 Å². The van der Waals surface area contributed by atoms with Crippen molar-refractivity contribution in [3.63, 3.8) is 0 Å². The maximum absolute atomic E-state index is 11.3. The van der Waals surface area contributed by atoms with E-state index < -0.39 is 0 Å². The lowest BCUT2D eigenvalue weighted by atomic mass is 10.2. The van der Waals surface area contributed by atoms with Gasteiger partial charge in [-0.1, -0.05) is 0 Å². The van der Waals surface area contributed by atoms with E-state index >= 15 is 0 Å². The molecule has 2 heterocycles. The summed E-state index contributed by atoms with van der Waals surface area (Å²) in [5.74, 6) is 0.204. The Morgan fingerprint density at radius 2 is 2.24 bits per heavy atom. The van der Waals surface area contributed by atoms with Crippen LogP contribution in [0.5, 0.6) is 5.75 Å². The molecule has 1 amide bonds. The van der Waals surface area contributed by atoms with E-state index in [1.54, 1.807) is 24.5 Å². The van der Waals surface area contributed by atoms with Gasteiger partial charge in [0.25, 0.3) is 5.91 Å². The first-order chi connectivity index (χ1) is 8.36.